The third kappa shape index (κ3) is 2.93. The molecule has 19 heavy (non-hydrogen) atoms. The van der Waals surface area contributed by atoms with Gasteiger partial charge in [-0.2, -0.15) is 0 Å². The Labute approximate surface area is 111 Å². The molecule has 0 aliphatic heterocycles. The van der Waals surface area contributed by atoms with E-state index in [-0.39, 0.29) is 19.3 Å². The highest BCUT2D eigenvalue weighted by Gasteiger charge is 2.13. The number of rotatable bonds is 5. The van der Waals surface area contributed by atoms with Crippen LogP contribution in [0.2, 0.25) is 0 Å². The number of aliphatic carboxylic acids is 1. The van der Waals surface area contributed by atoms with Crippen LogP contribution in [0.15, 0.2) is 18.2 Å². The zero-order valence-corrected chi connectivity index (χ0v) is 11.4. The Morgan fingerprint density at radius 2 is 2.21 bits per heavy atom. The zero-order chi connectivity index (χ0) is 14.0. The fourth-order valence-electron chi connectivity index (χ4n) is 2.17. The van der Waals surface area contributed by atoms with Gasteiger partial charge in [0, 0.05) is 6.04 Å². The van der Waals surface area contributed by atoms with Gasteiger partial charge in [-0.1, -0.05) is 6.07 Å². The third-order valence-corrected chi connectivity index (χ3v) is 2.89. The Hall–Kier alpha value is -1.88. The van der Waals surface area contributed by atoms with E-state index in [0.29, 0.717) is 0 Å². The number of carboxylic acids is 1. The van der Waals surface area contributed by atoms with Gasteiger partial charge in [-0.15, -0.1) is 0 Å². The average molecular weight is 262 g/mol. The summed E-state index contributed by atoms with van der Waals surface area (Å²) in [7, 11) is 0. The van der Waals surface area contributed by atoms with E-state index in [2.05, 4.69) is 23.4 Å². The highest BCUT2D eigenvalue weighted by molar-refractivity contribution is 5.77. The molecule has 1 heterocycles. The smallest absolute Gasteiger partial charge is 0.329 e. The number of aromatic nitrogens is 2. The molecule has 5 heteroatoms. The summed E-state index contributed by atoms with van der Waals surface area (Å²) in [5.74, 6) is -0.208. The number of carboxylic acid groups (broad SMARTS) is 1. The molecule has 0 fully saturated rings. The maximum atomic E-state index is 10.5. The van der Waals surface area contributed by atoms with Gasteiger partial charge in [0.05, 0.1) is 11.0 Å². The molecular formula is C14H18N2O3. The Balaban J connectivity index is 2.36. The minimum absolute atomic E-state index is 0.207. The van der Waals surface area contributed by atoms with Crippen LogP contribution in [-0.4, -0.2) is 27.2 Å². The van der Waals surface area contributed by atoms with Crippen LogP contribution in [0.3, 0.4) is 0 Å². The molecule has 5 nitrogen and oxygen atoms in total. The van der Waals surface area contributed by atoms with E-state index in [9.17, 15) is 4.79 Å². The number of benzene rings is 1. The Morgan fingerprint density at radius 3 is 2.84 bits per heavy atom. The highest BCUT2D eigenvalue weighted by Crippen LogP contribution is 2.22. The molecule has 1 N–H and O–H groups in total. The lowest BCUT2D eigenvalue weighted by Crippen LogP contribution is -2.11. The first-order valence-electron chi connectivity index (χ1n) is 6.26. The standard InChI is InChI=1S/C14H18N2O3/c1-9(2)16-12-5-4-10(3)6-11(12)15-13(16)7-19-8-14(17)18/h4-6,9H,7-8H2,1-3H3,(H,17,18). The van der Waals surface area contributed by atoms with E-state index in [1.165, 1.54) is 0 Å². The van der Waals surface area contributed by atoms with Gasteiger partial charge in [0.25, 0.3) is 0 Å². The number of hydrogen-bond donors (Lipinski definition) is 1. The van der Waals surface area contributed by atoms with Gasteiger partial charge >= 0.3 is 5.97 Å². The van der Waals surface area contributed by atoms with Gasteiger partial charge in [0.1, 0.15) is 19.0 Å². The van der Waals surface area contributed by atoms with Crippen molar-refractivity contribution in [3.63, 3.8) is 0 Å². The van der Waals surface area contributed by atoms with Crippen LogP contribution in [0.5, 0.6) is 0 Å². The fourth-order valence-corrected chi connectivity index (χ4v) is 2.17. The summed E-state index contributed by atoms with van der Waals surface area (Å²) in [4.78, 5) is 15.0. The molecular weight excluding hydrogens is 244 g/mol. The predicted octanol–water partition coefficient (Wildman–Crippen LogP) is 2.53. The van der Waals surface area contributed by atoms with Crippen molar-refractivity contribution in [2.75, 3.05) is 6.61 Å². The van der Waals surface area contributed by atoms with Crippen molar-refractivity contribution >= 4 is 17.0 Å². The number of hydrogen-bond acceptors (Lipinski definition) is 3. The van der Waals surface area contributed by atoms with E-state index in [0.717, 1.165) is 22.4 Å². The van der Waals surface area contributed by atoms with E-state index >= 15 is 0 Å². The first-order valence-corrected chi connectivity index (χ1v) is 6.26. The second-order valence-corrected chi connectivity index (χ2v) is 4.87. The third-order valence-electron chi connectivity index (χ3n) is 2.89. The Kier molecular flexibility index (Phi) is 3.85. The predicted molar refractivity (Wildman–Crippen MR) is 72.1 cm³/mol. The van der Waals surface area contributed by atoms with Gasteiger partial charge in [0.15, 0.2) is 0 Å². The normalized spacial score (nSPS) is 11.4. The number of fused-ring (bicyclic) bond motifs is 1. The minimum Gasteiger partial charge on any atom is -0.480 e. The van der Waals surface area contributed by atoms with Crippen LogP contribution in [0, 0.1) is 6.92 Å². The van der Waals surface area contributed by atoms with Crippen molar-refractivity contribution < 1.29 is 14.6 Å². The number of aryl methyl sites for hydroxylation is 1. The molecule has 0 spiro atoms. The summed E-state index contributed by atoms with van der Waals surface area (Å²) in [5, 5.41) is 8.59. The first kappa shape index (κ1) is 13.5. The van der Waals surface area contributed by atoms with Crippen molar-refractivity contribution in [2.45, 2.75) is 33.4 Å². The van der Waals surface area contributed by atoms with Crippen LogP contribution in [0.4, 0.5) is 0 Å². The van der Waals surface area contributed by atoms with Crippen molar-refractivity contribution in [1.29, 1.82) is 0 Å². The Bertz CT molecular complexity index is 602. The SMILES string of the molecule is Cc1ccc2c(c1)nc(COCC(=O)O)n2C(C)C. The van der Waals surface area contributed by atoms with Crippen molar-refractivity contribution in [3.8, 4) is 0 Å². The average Bonchev–Trinajstić information content (AvgIpc) is 2.65. The summed E-state index contributed by atoms with van der Waals surface area (Å²) >= 11 is 0. The number of imidazole rings is 1. The molecule has 0 saturated heterocycles. The Morgan fingerprint density at radius 1 is 1.47 bits per heavy atom. The molecule has 2 aromatic rings. The summed E-state index contributed by atoms with van der Waals surface area (Å²) in [6.45, 7) is 6.07. The lowest BCUT2D eigenvalue weighted by Gasteiger charge is -2.12. The topological polar surface area (TPSA) is 64.3 Å². The van der Waals surface area contributed by atoms with Gasteiger partial charge < -0.3 is 14.4 Å². The molecule has 102 valence electrons. The molecule has 0 saturated carbocycles. The van der Waals surface area contributed by atoms with E-state index in [1.807, 2.05) is 25.1 Å². The molecule has 0 unspecified atom stereocenters. The lowest BCUT2D eigenvalue weighted by atomic mass is 10.2. The molecule has 0 atom stereocenters. The second-order valence-electron chi connectivity index (χ2n) is 4.87. The van der Waals surface area contributed by atoms with Crippen molar-refractivity contribution in [1.82, 2.24) is 9.55 Å². The van der Waals surface area contributed by atoms with Crippen molar-refractivity contribution in [3.05, 3.63) is 29.6 Å². The van der Waals surface area contributed by atoms with E-state index in [1.54, 1.807) is 0 Å². The van der Waals surface area contributed by atoms with Crippen molar-refractivity contribution in [2.24, 2.45) is 0 Å². The van der Waals surface area contributed by atoms with Crippen LogP contribution in [-0.2, 0) is 16.1 Å². The maximum Gasteiger partial charge on any atom is 0.329 e. The van der Waals surface area contributed by atoms with Gasteiger partial charge in [-0.3, -0.25) is 0 Å². The summed E-state index contributed by atoms with van der Waals surface area (Å²) in [6.07, 6.45) is 0. The molecule has 0 bridgehead atoms. The van der Waals surface area contributed by atoms with E-state index in [4.69, 9.17) is 9.84 Å². The molecule has 1 aromatic carbocycles. The van der Waals surface area contributed by atoms with Crippen LogP contribution in [0.1, 0.15) is 31.3 Å². The minimum atomic E-state index is -0.969. The summed E-state index contributed by atoms with van der Waals surface area (Å²) < 4.78 is 7.23. The zero-order valence-electron chi connectivity index (χ0n) is 11.4. The summed E-state index contributed by atoms with van der Waals surface area (Å²) in [6, 6.07) is 6.36. The molecule has 1 aromatic heterocycles. The largest absolute Gasteiger partial charge is 0.480 e. The molecule has 0 aliphatic carbocycles. The maximum absolute atomic E-state index is 10.5. The molecule has 2 rings (SSSR count). The highest BCUT2D eigenvalue weighted by atomic mass is 16.5. The summed E-state index contributed by atoms with van der Waals surface area (Å²) in [5.41, 5.74) is 3.12. The van der Waals surface area contributed by atoms with Crippen LogP contribution in [0.25, 0.3) is 11.0 Å². The van der Waals surface area contributed by atoms with Crippen LogP contribution >= 0.6 is 0 Å². The molecule has 0 amide bonds. The molecule has 0 radical (unpaired) electrons. The van der Waals surface area contributed by atoms with Crippen LogP contribution < -0.4 is 0 Å². The van der Waals surface area contributed by atoms with Gasteiger partial charge in [0.2, 0.25) is 0 Å². The monoisotopic (exact) mass is 262 g/mol. The second kappa shape index (κ2) is 5.40. The molecule has 0 aliphatic rings. The van der Waals surface area contributed by atoms with Gasteiger partial charge in [-0.25, -0.2) is 9.78 Å². The first-order chi connectivity index (χ1) is 8.99. The lowest BCUT2D eigenvalue weighted by molar-refractivity contribution is -0.142. The fraction of sp³-hybridized carbons (Fsp3) is 0.429. The number of ether oxygens (including phenoxy) is 1. The quantitative estimate of drug-likeness (QED) is 0.899. The van der Waals surface area contributed by atoms with E-state index < -0.39 is 5.97 Å². The number of nitrogens with zero attached hydrogens (tertiary/aromatic N) is 2. The van der Waals surface area contributed by atoms with Gasteiger partial charge in [-0.05, 0) is 38.5 Å². The number of carbonyl (C=O) groups is 1.